The molecule has 0 aliphatic carbocycles. The third kappa shape index (κ3) is 2.82. The highest BCUT2D eigenvalue weighted by atomic mass is 16.2. The Balaban J connectivity index is 2.13. The molecule has 0 unspecified atom stereocenters. The van der Waals surface area contributed by atoms with Crippen molar-refractivity contribution in [2.75, 3.05) is 18.8 Å². The van der Waals surface area contributed by atoms with Gasteiger partial charge in [-0.1, -0.05) is 6.07 Å². The largest absolute Gasteiger partial charge is 0.399 e. The monoisotopic (exact) mass is 262 g/mol. The molecule has 0 bridgehead atoms. The Labute approximate surface area is 109 Å². The predicted molar refractivity (Wildman–Crippen MR) is 68.2 cm³/mol. The van der Waals surface area contributed by atoms with E-state index in [2.05, 4.69) is 0 Å². The Bertz CT molecular complexity index is 556. The summed E-state index contributed by atoms with van der Waals surface area (Å²) in [6.45, 7) is 0.220. The van der Waals surface area contributed by atoms with Crippen molar-refractivity contribution in [3.05, 3.63) is 29.3 Å². The van der Waals surface area contributed by atoms with Gasteiger partial charge in [0.05, 0.1) is 0 Å². The minimum Gasteiger partial charge on any atom is -0.399 e. The number of hydrogen-bond donors (Lipinski definition) is 3. The van der Waals surface area contributed by atoms with Crippen LogP contribution in [0.5, 0.6) is 0 Å². The van der Waals surface area contributed by atoms with Gasteiger partial charge >= 0.3 is 6.03 Å². The van der Waals surface area contributed by atoms with Gasteiger partial charge in [-0.05, 0) is 24.1 Å². The summed E-state index contributed by atoms with van der Waals surface area (Å²) >= 11 is 0. The lowest BCUT2D eigenvalue weighted by molar-refractivity contribution is -0.120. The van der Waals surface area contributed by atoms with Crippen LogP contribution < -0.4 is 16.8 Å². The maximum absolute atomic E-state index is 12.2. The first kappa shape index (κ1) is 12.9. The molecule has 5 N–H and O–H groups in total. The van der Waals surface area contributed by atoms with Gasteiger partial charge in [0.15, 0.2) is 0 Å². The van der Waals surface area contributed by atoms with Crippen LogP contribution in [-0.2, 0) is 11.2 Å². The van der Waals surface area contributed by atoms with Crippen LogP contribution >= 0.6 is 0 Å². The molecule has 1 aromatic carbocycles. The van der Waals surface area contributed by atoms with E-state index in [4.69, 9.17) is 11.5 Å². The van der Waals surface area contributed by atoms with Gasteiger partial charge in [-0.2, -0.15) is 0 Å². The smallest absolute Gasteiger partial charge is 0.318 e. The molecule has 100 valence electrons. The number of urea groups is 1. The molecule has 1 aromatic rings. The summed E-state index contributed by atoms with van der Waals surface area (Å²) in [6, 6.07) is 4.21. The molecule has 19 heavy (non-hydrogen) atoms. The predicted octanol–water partition coefficient (Wildman–Crippen LogP) is -0.538. The van der Waals surface area contributed by atoms with Gasteiger partial charge in [-0.3, -0.25) is 14.9 Å². The number of primary amides is 1. The second kappa shape index (κ2) is 4.97. The van der Waals surface area contributed by atoms with E-state index >= 15 is 0 Å². The van der Waals surface area contributed by atoms with Crippen LogP contribution in [0, 0.1) is 0 Å². The van der Waals surface area contributed by atoms with Gasteiger partial charge in [-0.15, -0.1) is 0 Å². The lowest BCUT2D eigenvalue weighted by atomic mass is 9.98. The number of nitrogens with zero attached hydrogens (tertiary/aromatic N) is 1. The molecule has 7 heteroatoms. The van der Waals surface area contributed by atoms with Crippen LogP contribution in [0.2, 0.25) is 0 Å². The van der Waals surface area contributed by atoms with E-state index in [9.17, 15) is 14.4 Å². The van der Waals surface area contributed by atoms with E-state index in [0.29, 0.717) is 24.2 Å². The van der Waals surface area contributed by atoms with Gasteiger partial charge in [0, 0.05) is 17.8 Å². The van der Waals surface area contributed by atoms with Crippen LogP contribution in [0.3, 0.4) is 0 Å². The number of rotatable bonds is 2. The highest BCUT2D eigenvalue weighted by molar-refractivity contribution is 6.01. The molecule has 0 atom stereocenters. The summed E-state index contributed by atoms with van der Waals surface area (Å²) in [7, 11) is 0. The molecule has 0 saturated heterocycles. The van der Waals surface area contributed by atoms with Crippen LogP contribution in [0.1, 0.15) is 15.9 Å². The Morgan fingerprint density at radius 2 is 2.11 bits per heavy atom. The quantitative estimate of drug-likeness (QED) is 0.620. The average molecular weight is 262 g/mol. The molecular formula is C12H14N4O3. The number of fused-ring (bicyclic) bond motifs is 1. The van der Waals surface area contributed by atoms with E-state index in [1.807, 2.05) is 11.4 Å². The molecule has 0 radical (unpaired) electrons. The number of nitrogens with one attached hydrogen (secondary N) is 1. The standard InChI is InChI=1S/C12H14N4O3/c13-8-2-1-7-3-4-16(11(18)9(7)5-8)6-10(17)15-12(14)19/h1-2,5H,3-4,6,13H2,(H3,14,15,17,19). The number of amides is 4. The zero-order valence-corrected chi connectivity index (χ0v) is 10.2. The molecule has 2 rings (SSSR count). The molecule has 0 aromatic heterocycles. The van der Waals surface area contributed by atoms with E-state index in [1.165, 1.54) is 4.90 Å². The second-order valence-corrected chi connectivity index (χ2v) is 4.31. The fourth-order valence-electron chi connectivity index (χ4n) is 2.04. The van der Waals surface area contributed by atoms with Crippen LogP contribution in [0.15, 0.2) is 18.2 Å². The lowest BCUT2D eigenvalue weighted by Gasteiger charge is -2.28. The van der Waals surface area contributed by atoms with E-state index < -0.39 is 11.9 Å². The minimum absolute atomic E-state index is 0.198. The fraction of sp³-hybridized carbons (Fsp3) is 0.250. The summed E-state index contributed by atoms with van der Waals surface area (Å²) in [5.41, 5.74) is 12.4. The first-order valence-corrected chi connectivity index (χ1v) is 5.74. The topological polar surface area (TPSA) is 119 Å². The van der Waals surface area contributed by atoms with Crippen LogP contribution in [0.25, 0.3) is 0 Å². The molecule has 1 heterocycles. The summed E-state index contributed by atoms with van der Waals surface area (Å²) in [4.78, 5) is 35.5. The van der Waals surface area contributed by atoms with Gasteiger partial charge in [0.25, 0.3) is 5.91 Å². The van der Waals surface area contributed by atoms with Crippen molar-refractivity contribution in [2.24, 2.45) is 5.73 Å². The SMILES string of the molecule is NC(=O)NC(=O)CN1CCc2ccc(N)cc2C1=O. The molecule has 4 amide bonds. The highest BCUT2D eigenvalue weighted by Gasteiger charge is 2.26. The van der Waals surface area contributed by atoms with Crippen LogP contribution in [0.4, 0.5) is 10.5 Å². The molecule has 1 aliphatic rings. The first-order chi connectivity index (χ1) is 8.97. The summed E-state index contributed by atoms with van der Waals surface area (Å²) in [5, 5.41) is 1.93. The third-order valence-corrected chi connectivity index (χ3v) is 2.90. The number of nitrogen functional groups attached to an aromatic ring is 1. The summed E-state index contributed by atoms with van der Waals surface area (Å²) in [5.74, 6) is -0.874. The van der Waals surface area contributed by atoms with Gasteiger partial charge < -0.3 is 16.4 Å². The molecule has 7 nitrogen and oxygen atoms in total. The average Bonchev–Trinajstić information content (AvgIpc) is 2.32. The number of benzene rings is 1. The van der Waals surface area contributed by atoms with Crippen molar-refractivity contribution >= 4 is 23.5 Å². The van der Waals surface area contributed by atoms with Crippen molar-refractivity contribution in [1.82, 2.24) is 10.2 Å². The van der Waals surface area contributed by atoms with Crippen molar-refractivity contribution in [2.45, 2.75) is 6.42 Å². The zero-order chi connectivity index (χ0) is 14.0. The summed E-state index contributed by atoms with van der Waals surface area (Å²) < 4.78 is 0. The number of carbonyl (C=O) groups is 3. The molecular weight excluding hydrogens is 248 g/mol. The molecule has 1 aliphatic heterocycles. The van der Waals surface area contributed by atoms with Gasteiger partial charge in [-0.25, -0.2) is 4.79 Å². The highest BCUT2D eigenvalue weighted by Crippen LogP contribution is 2.21. The Kier molecular flexibility index (Phi) is 3.37. The van der Waals surface area contributed by atoms with Crippen LogP contribution in [-0.4, -0.2) is 35.8 Å². The van der Waals surface area contributed by atoms with E-state index in [0.717, 1.165) is 5.56 Å². The maximum atomic E-state index is 12.2. The third-order valence-electron chi connectivity index (χ3n) is 2.90. The number of imide groups is 1. The Morgan fingerprint density at radius 1 is 1.37 bits per heavy atom. The van der Waals surface area contributed by atoms with Crippen molar-refractivity contribution in [3.8, 4) is 0 Å². The summed E-state index contributed by atoms with van der Waals surface area (Å²) in [6.07, 6.45) is 0.644. The second-order valence-electron chi connectivity index (χ2n) is 4.31. The first-order valence-electron chi connectivity index (χ1n) is 5.74. The zero-order valence-electron chi connectivity index (χ0n) is 10.2. The minimum atomic E-state index is -0.931. The van der Waals surface area contributed by atoms with Crippen molar-refractivity contribution < 1.29 is 14.4 Å². The number of nitrogens with two attached hydrogens (primary N) is 2. The molecule has 0 fully saturated rings. The Hall–Kier alpha value is -2.57. The van der Waals surface area contributed by atoms with Crippen molar-refractivity contribution in [1.29, 1.82) is 0 Å². The molecule has 0 saturated carbocycles. The Morgan fingerprint density at radius 3 is 2.79 bits per heavy atom. The normalized spacial score (nSPS) is 13.9. The van der Waals surface area contributed by atoms with Gasteiger partial charge in [0.1, 0.15) is 6.54 Å². The maximum Gasteiger partial charge on any atom is 0.318 e. The van der Waals surface area contributed by atoms with E-state index in [-0.39, 0.29) is 12.5 Å². The van der Waals surface area contributed by atoms with Crippen molar-refractivity contribution in [3.63, 3.8) is 0 Å². The van der Waals surface area contributed by atoms with Gasteiger partial charge in [0.2, 0.25) is 5.91 Å². The van der Waals surface area contributed by atoms with E-state index in [1.54, 1.807) is 12.1 Å². The molecule has 0 spiro atoms. The number of carbonyl (C=O) groups excluding carboxylic acids is 3. The fourth-order valence-corrected chi connectivity index (χ4v) is 2.04. The lowest BCUT2D eigenvalue weighted by Crippen LogP contribution is -2.46. The number of hydrogen-bond acceptors (Lipinski definition) is 4. The number of anilines is 1.